The van der Waals surface area contributed by atoms with Crippen LogP contribution in [0.25, 0.3) is 10.2 Å². The Kier molecular flexibility index (Phi) is 6.43. The number of amides is 1. The number of carbonyl (C=O) groups excluding carboxylic acids is 1. The minimum atomic E-state index is -4.52. The molecule has 3 aromatic rings. The molecule has 4 rings (SSSR count). The van der Waals surface area contributed by atoms with Crippen molar-refractivity contribution in [3.05, 3.63) is 50.3 Å². The van der Waals surface area contributed by atoms with Gasteiger partial charge in [-0.3, -0.25) is 14.2 Å². The van der Waals surface area contributed by atoms with E-state index >= 15 is 0 Å². The molecule has 32 heavy (non-hydrogen) atoms. The molecule has 1 amide bonds. The topological polar surface area (TPSA) is 73.2 Å². The molecule has 1 aliphatic carbocycles. The molecule has 2 heterocycles. The molecule has 1 aliphatic rings. The lowest BCUT2D eigenvalue weighted by Crippen LogP contribution is -2.24. The Hall–Kier alpha value is -2.59. The van der Waals surface area contributed by atoms with Crippen molar-refractivity contribution in [1.29, 1.82) is 0 Å². The van der Waals surface area contributed by atoms with Crippen LogP contribution in [0.1, 0.15) is 29.7 Å². The second kappa shape index (κ2) is 9.11. The first kappa shape index (κ1) is 22.6. The first-order valence-corrected chi connectivity index (χ1v) is 11.2. The van der Waals surface area contributed by atoms with E-state index in [-0.39, 0.29) is 35.0 Å². The fraction of sp³-hybridized carbons (Fsp3) is 0.381. The van der Waals surface area contributed by atoms with Crippen molar-refractivity contribution in [3.63, 3.8) is 0 Å². The minimum Gasteiger partial charge on any atom is -0.482 e. The van der Waals surface area contributed by atoms with Crippen molar-refractivity contribution in [1.82, 2.24) is 9.55 Å². The predicted octanol–water partition coefficient (Wildman–Crippen LogP) is 4.96. The van der Waals surface area contributed by atoms with Gasteiger partial charge < -0.3 is 10.1 Å². The van der Waals surface area contributed by atoms with Crippen LogP contribution in [0.5, 0.6) is 5.75 Å². The molecule has 0 spiro atoms. The van der Waals surface area contributed by atoms with Gasteiger partial charge in [0.1, 0.15) is 10.6 Å². The zero-order valence-corrected chi connectivity index (χ0v) is 18.4. The lowest BCUT2D eigenvalue weighted by atomic mass is 9.97. The zero-order chi connectivity index (χ0) is 22.9. The van der Waals surface area contributed by atoms with Gasteiger partial charge in [-0.2, -0.15) is 13.2 Å². The van der Waals surface area contributed by atoms with Gasteiger partial charge in [0.2, 0.25) is 5.91 Å². The highest BCUT2D eigenvalue weighted by Crippen LogP contribution is 2.33. The van der Waals surface area contributed by atoms with E-state index in [9.17, 15) is 22.8 Å². The number of hydrogen-bond acceptors (Lipinski definition) is 5. The SMILES string of the molecule is O=C(CCn1cnc2sc3c(c2c1=O)CCCC3)Nc1cc(Cl)ccc1OCC(F)(F)F. The number of halogens is 4. The molecular weight excluding hydrogens is 467 g/mol. The fourth-order valence-electron chi connectivity index (χ4n) is 3.66. The number of thiophene rings is 1. The van der Waals surface area contributed by atoms with Crippen LogP contribution in [-0.4, -0.2) is 28.2 Å². The molecule has 6 nitrogen and oxygen atoms in total. The van der Waals surface area contributed by atoms with E-state index in [0.717, 1.165) is 31.2 Å². The summed E-state index contributed by atoms with van der Waals surface area (Å²) in [6.45, 7) is -1.42. The highest BCUT2D eigenvalue weighted by atomic mass is 35.5. The number of carbonyl (C=O) groups is 1. The van der Waals surface area contributed by atoms with Crippen LogP contribution in [0.15, 0.2) is 29.3 Å². The average molecular weight is 486 g/mol. The van der Waals surface area contributed by atoms with Crippen LogP contribution in [-0.2, 0) is 24.2 Å². The quantitative estimate of drug-likeness (QED) is 0.535. The van der Waals surface area contributed by atoms with Crippen molar-refractivity contribution in [2.75, 3.05) is 11.9 Å². The molecule has 1 N–H and O–H groups in total. The number of ether oxygens (including phenoxy) is 1. The smallest absolute Gasteiger partial charge is 0.422 e. The van der Waals surface area contributed by atoms with Crippen molar-refractivity contribution < 1.29 is 22.7 Å². The summed E-state index contributed by atoms with van der Waals surface area (Å²) in [5.74, 6) is -0.645. The number of aromatic nitrogens is 2. The molecule has 0 aliphatic heterocycles. The molecule has 0 radical (unpaired) electrons. The Labute approximate surface area is 190 Å². The first-order valence-electron chi connectivity index (χ1n) is 10.00. The van der Waals surface area contributed by atoms with E-state index in [4.69, 9.17) is 16.3 Å². The summed E-state index contributed by atoms with van der Waals surface area (Å²) in [4.78, 5) is 31.7. The van der Waals surface area contributed by atoms with E-state index in [2.05, 4.69) is 10.3 Å². The monoisotopic (exact) mass is 485 g/mol. The maximum absolute atomic E-state index is 13.0. The van der Waals surface area contributed by atoms with Crippen LogP contribution < -0.4 is 15.6 Å². The molecule has 2 aromatic heterocycles. The van der Waals surface area contributed by atoms with E-state index in [0.29, 0.717) is 10.2 Å². The summed E-state index contributed by atoms with van der Waals surface area (Å²) < 4.78 is 43.6. The van der Waals surface area contributed by atoms with Gasteiger partial charge in [0.15, 0.2) is 6.61 Å². The standard InChI is InChI=1S/C21H19ClF3N3O3S/c22-12-5-6-15(31-10-21(23,24)25)14(9-12)27-17(29)7-8-28-11-26-19-18(20(28)30)13-3-1-2-4-16(13)32-19/h5-6,9,11H,1-4,7-8,10H2,(H,27,29). The molecule has 0 unspecified atom stereocenters. The average Bonchev–Trinajstić information content (AvgIpc) is 3.11. The van der Waals surface area contributed by atoms with E-state index < -0.39 is 18.7 Å². The van der Waals surface area contributed by atoms with Gasteiger partial charge in [-0.15, -0.1) is 11.3 Å². The molecule has 11 heteroatoms. The van der Waals surface area contributed by atoms with Gasteiger partial charge in [-0.05, 0) is 49.4 Å². The highest BCUT2D eigenvalue weighted by Gasteiger charge is 2.29. The van der Waals surface area contributed by atoms with Crippen LogP contribution >= 0.6 is 22.9 Å². The summed E-state index contributed by atoms with van der Waals surface area (Å²) in [5.41, 5.74) is 0.914. The molecule has 170 valence electrons. The van der Waals surface area contributed by atoms with E-state index in [1.165, 1.54) is 34.0 Å². The normalized spacial score (nSPS) is 13.8. The minimum absolute atomic E-state index is 0.0274. The zero-order valence-electron chi connectivity index (χ0n) is 16.8. The highest BCUT2D eigenvalue weighted by molar-refractivity contribution is 7.18. The molecule has 0 atom stereocenters. The van der Waals surface area contributed by atoms with E-state index in [1.54, 1.807) is 11.3 Å². The molecule has 0 bridgehead atoms. The molecule has 1 aromatic carbocycles. The van der Waals surface area contributed by atoms with Crippen LogP contribution in [0.4, 0.5) is 18.9 Å². The van der Waals surface area contributed by atoms with E-state index in [1.807, 2.05) is 0 Å². The number of anilines is 1. The Morgan fingerprint density at radius 2 is 2.06 bits per heavy atom. The number of rotatable bonds is 6. The number of alkyl halides is 3. The Morgan fingerprint density at radius 3 is 2.84 bits per heavy atom. The van der Waals surface area contributed by atoms with Crippen molar-refractivity contribution >= 4 is 44.7 Å². The number of fused-ring (bicyclic) bond motifs is 3. The summed E-state index contributed by atoms with van der Waals surface area (Å²) in [6.07, 6.45) is 0.777. The van der Waals surface area contributed by atoms with Gasteiger partial charge in [-0.25, -0.2) is 4.98 Å². The number of benzene rings is 1. The lowest BCUT2D eigenvalue weighted by Gasteiger charge is -2.14. The van der Waals surface area contributed by atoms with Gasteiger partial charge in [-0.1, -0.05) is 11.6 Å². The van der Waals surface area contributed by atoms with Gasteiger partial charge in [0.25, 0.3) is 5.56 Å². The Balaban J connectivity index is 1.47. The summed E-state index contributed by atoms with van der Waals surface area (Å²) in [7, 11) is 0. The third-order valence-electron chi connectivity index (χ3n) is 5.13. The van der Waals surface area contributed by atoms with Gasteiger partial charge in [0, 0.05) is 22.9 Å². The van der Waals surface area contributed by atoms with Crippen LogP contribution in [0.3, 0.4) is 0 Å². The second-order valence-electron chi connectivity index (χ2n) is 7.48. The van der Waals surface area contributed by atoms with Gasteiger partial charge >= 0.3 is 6.18 Å². The Bertz CT molecular complexity index is 1220. The molecule has 0 saturated carbocycles. The lowest BCUT2D eigenvalue weighted by molar-refractivity contribution is -0.153. The fourth-order valence-corrected chi connectivity index (χ4v) is 5.05. The van der Waals surface area contributed by atoms with Crippen LogP contribution in [0, 0.1) is 0 Å². The second-order valence-corrected chi connectivity index (χ2v) is 9.00. The van der Waals surface area contributed by atoms with Crippen molar-refractivity contribution in [3.8, 4) is 5.75 Å². The number of hydrogen-bond donors (Lipinski definition) is 1. The number of aryl methyl sites for hydroxylation is 3. The van der Waals surface area contributed by atoms with Crippen LogP contribution in [0.2, 0.25) is 5.02 Å². The number of nitrogens with one attached hydrogen (secondary N) is 1. The summed E-state index contributed by atoms with van der Waals surface area (Å²) in [5, 5.41) is 3.37. The molecule has 0 fully saturated rings. The van der Waals surface area contributed by atoms with Crippen molar-refractivity contribution in [2.24, 2.45) is 0 Å². The number of nitrogens with zero attached hydrogens (tertiary/aromatic N) is 2. The summed E-state index contributed by atoms with van der Waals surface area (Å²) in [6, 6.07) is 3.93. The molecule has 0 saturated heterocycles. The van der Waals surface area contributed by atoms with Crippen molar-refractivity contribution in [2.45, 2.75) is 44.8 Å². The first-order chi connectivity index (χ1) is 15.2. The molecular formula is C21H19ClF3N3O3S. The maximum atomic E-state index is 13.0. The maximum Gasteiger partial charge on any atom is 0.422 e. The van der Waals surface area contributed by atoms with Gasteiger partial charge in [0.05, 0.1) is 17.4 Å². The third kappa shape index (κ3) is 5.07. The summed E-state index contributed by atoms with van der Waals surface area (Å²) >= 11 is 7.45. The largest absolute Gasteiger partial charge is 0.482 e. The predicted molar refractivity (Wildman–Crippen MR) is 117 cm³/mol. The Morgan fingerprint density at radius 1 is 1.28 bits per heavy atom. The third-order valence-corrected chi connectivity index (χ3v) is 6.56.